The van der Waals surface area contributed by atoms with Crippen LogP contribution in [0.4, 0.5) is 0 Å². The Kier molecular flexibility index (Phi) is 7.23. The molecule has 0 aliphatic heterocycles. The van der Waals surface area contributed by atoms with Gasteiger partial charge in [-0.15, -0.1) is 0 Å². The molecule has 2 N–H and O–H groups in total. The molecule has 0 bridgehead atoms. The van der Waals surface area contributed by atoms with Crippen LogP contribution in [0.3, 0.4) is 0 Å². The maximum absolute atomic E-state index is 9.23. The third kappa shape index (κ3) is 6.13. The number of H-pyrrole nitrogens is 1. The Bertz CT molecular complexity index is 656. The minimum absolute atomic E-state index is 0.0236. The number of hydrogen-bond acceptors (Lipinski definition) is 9. The summed E-state index contributed by atoms with van der Waals surface area (Å²) in [5, 5.41) is 24.7. The Morgan fingerprint density at radius 3 is 2.82 bits per heavy atom. The summed E-state index contributed by atoms with van der Waals surface area (Å²) in [5.74, 6) is 0. The molecule has 2 aromatic rings. The molecule has 0 amide bonds. The summed E-state index contributed by atoms with van der Waals surface area (Å²) < 4.78 is 9.53. The number of thioether (sulfide) groups is 1. The molecule has 0 spiro atoms. The number of aromatic amines is 1. The second-order valence-corrected chi connectivity index (χ2v) is 14.9. The van der Waals surface area contributed by atoms with Crippen LogP contribution in [0.2, 0.25) is 0 Å². The number of hydrogen-bond donors (Lipinski definition) is 2. The maximum atomic E-state index is 9.23. The van der Waals surface area contributed by atoms with E-state index in [4.69, 9.17) is 17.0 Å². The monoisotopic (exact) mass is 484 g/mol. The minimum atomic E-state index is -0.997. The fourth-order valence-corrected chi connectivity index (χ4v) is 10.4. The first-order chi connectivity index (χ1) is 10.4. The number of aliphatic hydroxyl groups is 1. The molecule has 2 rings (SSSR count). The Morgan fingerprint density at radius 1 is 1.41 bits per heavy atom. The molecule has 22 heavy (non-hydrogen) atoms. The van der Waals surface area contributed by atoms with Crippen LogP contribution in [0, 0.1) is 9.37 Å². The van der Waals surface area contributed by atoms with E-state index in [2.05, 4.69) is 20.4 Å². The van der Waals surface area contributed by atoms with Crippen LogP contribution in [0.15, 0.2) is 4.34 Å². The Balaban J connectivity index is 1.85. The van der Waals surface area contributed by atoms with Crippen LogP contribution < -0.4 is 6.05 Å². The van der Waals surface area contributed by atoms with Crippen LogP contribution in [0.5, 0.6) is 0 Å². The van der Waals surface area contributed by atoms with Crippen LogP contribution in [0.25, 0.3) is 0 Å². The van der Waals surface area contributed by atoms with E-state index in [1.165, 1.54) is 11.3 Å². The Morgan fingerprint density at radius 2 is 2.18 bits per heavy atom. The first-order valence-electron chi connectivity index (χ1n) is 6.43. The van der Waals surface area contributed by atoms with Gasteiger partial charge in [-0.2, -0.15) is 0 Å². The fourth-order valence-electron chi connectivity index (χ4n) is 1.25. The summed E-state index contributed by atoms with van der Waals surface area (Å²) in [7, 11) is 0. The predicted molar refractivity (Wildman–Crippen MR) is 94.4 cm³/mol. The van der Waals surface area contributed by atoms with E-state index in [0.717, 1.165) is 10.4 Å². The average Bonchev–Trinajstić information content (AvgIpc) is 3.07. The molecule has 11 heteroatoms. The first-order valence-corrected chi connectivity index (χ1v) is 12.2. The van der Waals surface area contributed by atoms with E-state index in [1.54, 1.807) is 23.1 Å². The summed E-state index contributed by atoms with van der Waals surface area (Å²) in [4.78, 5) is 0. The number of rotatable bonds is 8. The molecule has 0 aromatic carbocycles. The molecule has 2 radical (unpaired) electrons. The predicted octanol–water partition coefficient (Wildman–Crippen LogP) is 1.18. The zero-order valence-electron chi connectivity index (χ0n) is 12.3. The van der Waals surface area contributed by atoms with Crippen molar-refractivity contribution in [1.82, 2.24) is 20.4 Å². The zero-order valence-corrected chi connectivity index (χ0v) is 18.4. The molecular formula is C11H16N4O2S4Sn. The van der Waals surface area contributed by atoms with Crippen molar-refractivity contribution in [3.05, 3.63) is 3.95 Å². The van der Waals surface area contributed by atoms with Gasteiger partial charge in [0.25, 0.3) is 0 Å². The second kappa shape index (κ2) is 8.49. The molecule has 1 atom stereocenters. The van der Waals surface area contributed by atoms with Gasteiger partial charge in [-0.1, -0.05) is 0 Å². The average molecular weight is 483 g/mol. The van der Waals surface area contributed by atoms with E-state index in [-0.39, 0.29) is 17.5 Å². The van der Waals surface area contributed by atoms with Gasteiger partial charge in [-0.3, -0.25) is 0 Å². The van der Waals surface area contributed by atoms with Crippen molar-refractivity contribution in [2.45, 2.75) is 30.5 Å². The number of aliphatic hydroxyl groups excluding tert-OH is 1. The van der Waals surface area contributed by atoms with Crippen molar-refractivity contribution >= 4 is 73.8 Å². The number of ether oxygens (including phenoxy) is 1. The topological polar surface area (TPSA) is 83.9 Å². The van der Waals surface area contributed by atoms with Gasteiger partial charge in [-0.25, -0.2) is 0 Å². The number of nitrogens with zero attached hydrogens (tertiary/aromatic N) is 3. The molecule has 0 aliphatic rings. The van der Waals surface area contributed by atoms with Gasteiger partial charge in [0.1, 0.15) is 0 Å². The summed E-state index contributed by atoms with van der Waals surface area (Å²) in [6.45, 7) is 6.54. The molecule has 1 unspecified atom stereocenters. The molecule has 6 nitrogen and oxygen atoms in total. The molecule has 0 fully saturated rings. The second-order valence-electron chi connectivity index (χ2n) is 5.24. The van der Waals surface area contributed by atoms with Crippen LogP contribution in [-0.2, 0) is 4.74 Å². The van der Waals surface area contributed by atoms with Gasteiger partial charge in [0.05, 0.1) is 0 Å². The van der Waals surface area contributed by atoms with Crippen molar-refractivity contribution in [2.24, 2.45) is 5.41 Å². The van der Waals surface area contributed by atoms with Gasteiger partial charge in [0.2, 0.25) is 0 Å². The third-order valence-corrected chi connectivity index (χ3v) is 10.1. The molecular weight excluding hydrogens is 467 g/mol. The third-order valence-electron chi connectivity index (χ3n) is 2.46. The SMILES string of the molecule is CC(OCC(C)(C)CO)Sc1nn[c]([Sn][c]2n[nH]c(=S)s2)s1. The standard InChI is InChI=1S/C9H15N2O2S2.C2HN2S2.Sn/c1-7(13-5-9(2,3)4-12)15-8-11-10-6-14-8;5-2-4-3-1-6-2;/h7,12H,4-5H2,1-3H3;(H,4,5);. The molecule has 120 valence electrons. The molecule has 2 aromatic heterocycles. The van der Waals surface area contributed by atoms with E-state index in [1.807, 2.05) is 20.8 Å². The van der Waals surface area contributed by atoms with Gasteiger partial charge >= 0.3 is 157 Å². The van der Waals surface area contributed by atoms with Gasteiger partial charge in [0, 0.05) is 0 Å². The zero-order chi connectivity index (χ0) is 16.2. The summed E-state index contributed by atoms with van der Waals surface area (Å²) in [6, 6.07) is 0. The van der Waals surface area contributed by atoms with Crippen molar-refractivity contribution in [1.29, 1.82) is 0 Å². The molecule has 2 heterocycles. The van der Waals surface area contributed by atoms with Crippen LogP contribution >= 0.6 is 46.7 Å². The van der Waals surface area contributed by atoms with Crippen LogP contribution in [-0.4, -0.2) is 65.3 Å². The van der Waals surface area contributed by atoms with E-state index in [0.29, 0.717) is 10.6 Å². The van der Waals surface area contributed by atoms with Crippen LogP contribution in [0.1, 0.15) is 20.8 Å². The molecule has 0 aliphatic carbocycles. The number of aromatic nitrogens is 4. The summed E-state index contributed by atoms with van der Waals surface area (Å²) in [6.07, 6.45) is 0. The van der Waals surface area contributed by atoms with E-state index < -0.39 is 21.1 Å². The normalized spacial score (nSPS) is 13.5. The Hall–Kier alpha value is 0.409. The fraction of sp³-hybridized carbons (Fsp3) is 0.636. The number of nitrogens with one attached hydrogen (secondary N) is 1. The molecule has 0 saturated carbocycles. The summed E-state index contributed by atoms with van der Waals surface area (Å²) in [5.41, 5.74) is -0.247. The first kappa shape index (κ1) is 18.7. The van der Waals surface area contributed by atoms with Crippen molar-refractivity contribution in [3.63, 3.8) is 0 Å². The summed E-state index contributed by atoms with van der Waals surface area (Å²) >= 11 is 8.73. The van der Waals surface area contributed by atoms with E-state index >= 15 is 0 Å². The van der Waals surface area contributed by atoms with Crippen molar-refractivity contribution in [3.8, 4) is 0 Å². The van der Waals surface area contributed by atoms with Crippen molar-refractivity contribution in [2.75, 3.05) is 13.2 Å². The van der Waals surface area contributed by atoms with Gasteiger partial charge < -0.3 is 0 Å². The Labute approximate surface area is 156 Å². The van der Waals surface area contributed by atoms with Gasteiger partial charge in [0.15, 0.2) is 0 Å². The van der Waals surface area contributed by atoms with Crippen molar-refractivity contribution < 1.29 is 9.84 Å². The quantitative estimate of drug-likeness (QED) is 0.253. The van der Waals surface area contributed by atoms with Gasteiger partial charge in [-0.05, 0) is 0 Å². The van der Waals surface area contributed by atoms with E-state index in [9.17, 15) is 5.11 Å². The molecule has 0 saturated heterocycles.